The van der Waals surface area contributed by atoms with Crippen LogP contribution in [0.25, 0.3) is 0 Å². The number of carbonyl (C=O) groups excluding carboxylic acids is 2. The van der Waals surface area contributed by atoms with Crippen molar-refractivity contribution >= 4 is 17.3 Å². The van der Waals surface area contributed by atoms with Gasteiger partial charge in [0.25, 0.3) is 0 Å². The van der Waals surface area contributed by atoms with Crippen molar-refractivity contribution in [3.05, 3.63) is 29.8 Å². The van der Waals surface area contributed by atoms with Crippen LogP contribution in [0.1, 0.15) is 11.5 Å². The van der Waals surface area contributed by atoms with Crippen molar-refractivity contribution in [3.63, 3.8) is 0 Å². The van der Waals surface area contributed by atoms with Crippen molar-refractivity contribution in [2.75, 3.05) is 32.1 Å². The average molecular weight is 262 g/mol. The number of nitrogens with one attached hydrogen (secondary N) is 1. The highest BCUT2D eigenvalue weighted by atomic mass is 16.3. The number of nitrogens with zero attached hydrogens (tertiary/aromatic N) is 1. The van der Waals surface area contributed by atoms with E-state index in [2.05, 4.69) is 5.32 Å². The standard InChI is InChI=1S/C14H18N2O3/c1-16(2)10-5-3-9(4-6-10)11-12(15-7-8-17)14(19)13(11)18/h3-6,11-12,15,17H,7-8H2,1-2H3. The minimum Gasteiger partial charge on any atom is -0.395 e. The zero-order chi connectivity index (χ0) is 14.0. The summed E-state index contributed by atoms with van der Waals surface area (Å²) >= 11 is 0. The monoisotopic (exact) mass is 262 g/mol. The molecule has 2 N–H and O–H groups in total. The third-order valence-corrected chi connectivity index (χ3v) is 3.39. The summed E-state index contributed by atoms with van der Waals surface area (Å²) in [5.41, 5.74) is 1.88. The lowest BCUT2D eigenvalue weighted by Crippen LogP contribution is -2.59. The normalized spacial score (nSPS) is 22.3. The molecule has 1 aromatic carbocycles. The molecule has 0 spiro atoms. The highest BCUT2D eigenvalue weighted by Crippen LogP contribution is 2.31. The molecule has 1 saturated carbocycles. The molecule has 1 aromatic rings. The second-order valence-corrected chi connectivity index (χ2v) is 4.85. The SMILES string of the molecule is CN(C)c1ccc(C2C(=O)C(=O)C2NCCO)cc1. The fraction of sp³-hybridized carbons (Fsp3) is 0.429. The van der Waals surface area contributed by atoms with Gasteiger partial charge in [0.15, 0.2) is 0 Å². The number of rotatable bonds is 5. The van der Waals surface area contributed by atoms with Gasteiger partial charge in [-0.2, -0.15) is 0 Å². The summed E-state index contributed by atoms with van der Waals surface area (Å²) < 4.78 is 0. The Labute approximate surface area is 112 Å². The molecular weight excluding hydrogens is 244 g/mol. The van der Waals surface area contributed by atoms with Crippen molar-refractivity contribution in [1.82, 2.24) is 5.32 Å². The van der Waals surface area contributed by atoms with Crippen molar-refractivity contribution < 1.29 is 14.7 Å². The quantitative estimate of drug-likeness (QED) is 0.727. The largest absolute Gasteiger partial charge is 0.395 e. The van der Waals surface area contributed by atoms with E-state index < -0.39 is 17.7 Å². The van der Waals surface area contributed by atoms with Crippen LogP contribution in [0.3, 0.4) is 0 Å². The molecule has 5 nitrogen and oxygen atoms in total. The molecule has 2 atom stereocenters. The van der Waals surface area contributed by atoms with Crippen LogP contribution in [0.5, 0.6) is 0 Å². The van der Waals surface area contributed by atoms with Crippen LogP contribution in [0.15, 0.2) is 24.3 Å². The topological polar surface area (TPSA) is 69.6 Å². The molecule has 0 saturated heterocycles. The van der Waals surface area contributed by atoms with E-state index in [0.717, 1.165) is 11.3 Å². The van der Waals surface area contributed by atoms with Gasteiger partial charge in [-0.05, 0) is 17.7 Å². The Morgan fingerprint density at radius 1 is 1.16 bits per heavy atom. The molecule has 1 fully saturated rings. The molecule has 0 aliphatic heterocycles. The lowest BCUT2D eigenvalue weighted by atomic mass is 9.72. The number of aliphatic hydroxyl groups excluding tert-OH is 1. The molecule has 2 rings (SSSR count). The van der Waals surface area contributed by atoms with Crippen molar-refractivity contribution in [3.8, 4) is 0 Å². The molecule has 19 heavy (non-hydrogen) atoms. The highest BCUT2D eigenvalue weighted by Gasteiger charge is 2.49. The lowest BCUT2D eigenvalue weighted by molar-refractivity contribution is -0.146. The maximum atomic E-state index is 11.7. The van der Waals surface area contributed by atoms with Crippen LogP contribution < -0.4 is 10.2 Å². The van der Waals surface area contributed by atoms with E-state index in [1.807, 2.05) is 43.3 Å². The minimum atomic E-state index is -0.496. The van der Waals surface area contributed by atoms with Gasteiger partial charge < -0.3 is 15.3 Å². The van der Waals surface area contributed by atoms with Gasteiger partial charge in [-0.15, -0.1) is 0 Å². The molecule has 0 bridgehead atoms. The Morgan fingerprint density at radius 3 is 2.32 bits per heavy atom. The van der Waals surface area contributed by atoms with Crippen molar-refractivity contribution in [2.24, 2.45) is 0 Å². The first-order chi connectivity index (χ1) is 9.06. The maximum absolute atomic E-state index is 11.7. The molecule has 5 heteroatoms. The van der Waals surface area contributed by atoms with Gasteiger partial charge in [-0.25, -0.2) is 0 Å². The summed E-state index contributed by atoms with van der Waals surface area (Å²) in [6, 6.07) is 7.10. The van der Waals surface area contributed by atoms with E-state index in [-0.39, 0.29) is 12.4 Å². The Bertz CT molecular complexity index is 482. The first-order valence-corrected chi connectivity index (χ1v) is 6.26. The summed E-state index contributed by atoms with van der Waals surface area (Å²) in [6.07, 6.45) is 0. The van der Waals surface area contributed by atoms with E-state index >= 15 is 0 Å². The first kappa shape index (κ1) is 13.7. The number of aliphatic hydroxyl groups is 1. The number of carbonyl (C=O) groups is 2. The first-order valence-electron chi connectivity index (χ1n) is 6.26. The fourth-order valence-electron chi connectivity index (χ4n) is 2.27. The van der Waals surface area contributed by atoms with Gasteiger partial charge in [0.2, 0.25) is 11.6 Å². The van der Waals surface area contributed by atoms with Gasteiger partial charge in [0.1, 0.15) is 0 Å². The summed E-state index contributed by atoms with van der Waals surface area (Å²) in [5.74, 6) is -1.17. The molecule has 0 radical (unpaired) electrons. The van der Waals surface area contributed by atoms with Gasteiger partial charge in [-0.1, -0.05) is 12.1 Å². The van der Waals surface area contributed by atoms with E-state index in [0.29, 0.717) is 6.54 Å². The Hall–Kier alpha value is -1.72. The number of hydrogen-bond acceptors (Lipinski definition) is 5. The van der Waals surface area contributed by atoms with E-state index in [4.69, 9.17) is 5.11 Å². The number of hydrogen-bond donors (Lipinski definition) is 2. The fourth-order valence-corrected chi connectivity index (χ4v) is 2.27. The summed E-state index contributed by atoms with van der Waals surface area (Å²) in [7, 11) is 3.89. The van der Waals surface area contributed by atoms with Crippen molar-refractivity contribution in [2.45, 2.75) is 12.0 Å². The van der Waals surface area contributed by atoms with Gasteiger partial charge in [-0.3, -0.25) is 9.59 Å². The molecule has 1 aliphatic rings. The highest BCUT2D eigenvalue weighted by molar-refractivity contribution is 6.49. The molecule has 0 amide bonds. The number of ketones is 2. The summed E-state index contributed by atoms with van der Waals surface area (Å²) in [4.78, 5) is 25.2. The van der Waals surface area contributed by atoms with E-state index in [1.165, 1.54) is 0 Å². The molecule has 0 aromatic heterocycles. The third kappa shape index (κ3) is 2.52. The van der Waals surface area contributed by atoms with Crippen LogP contribution >= 0.6 is 0 Å². The smallest absolute Gasteiger partial charge is 0.217 e. The maximum Gasteiger partial charge on any atom is 0.217 e. The number of anilines is 1. The van der Waals surface area contributed by atoms with Crippen LogP contribution in [0.2, 0.25) is 0 Å². The molecule has 1 aliphatic carbocycles. The number of Topliss-reactive ketones (excluding diaryl/α,β-unsaturated/α-hetero) is 2. The van der Waals surface area contributed by atoms with Gasteiger partial charge in [0, 0.05) is 26.3 Å². The Morgan fingerprint density at radius 2 is 1.79 bits per heavy atom. The zero-order valence-electron chi connectivity index (χ0n) is 11.1. The minimum absolute atomic E-state index is 0.0513. The Balaban J connectivity index is 2.15. The van der Waals surface area contributed by atoms with E-state index in [1.54, 1.807) is 0 Å². The predicted octanol–water partition coefficient (Wildman–Crippen LogP) is -0.0615. The van der Waals surface area contributed by atoms with Crippen LogP contribution in [0.4, 0.5) is 5.69 Å². The molecule has 102 valence electrons. The van der Waals surface area contributed by atoms with Crippen LogP contribution in [0, 0.1) is 0 Å². The lowest BCUT2D eigenvalue weighted by Gasteiger charge is -2.34. The van der Waals surface area contributed by atoms with Crippen LogP contribution in [-0.2, 0) is 9.59 Å². The third-order valence-electron chi connectivity index (χ3n) is 3.39. The summed E-state index contributed by atoms with van der Waals surface area (Å²) in [5, 5.41) is 11.7. The molecule has 2 unspecified atom stereocenters. The Kier molecular flexibility index (Phi) is 3.97. The second kappa shape index (κ2) is 5.50. The van der Waals surface area contributed by atoms with Gasteiger partial charge in [0.05, 0.1) is 18.6 Å². The van der Waals surface area contributed by atoms with Crippen LogP contribution in [-0.4, -0.2) is 50.0 Å². The van der Waals surface area contributed by atoms with Crippen molar-refractivity contribution in [1.29, 1.82) is 0 Å². The van der Waals surface area contributed by atoms with E-state index in [9.17, 15) is 9.59 Å². The number of benzene rings is 1. The summed E-state index contributed by atoms with van der Waals surface area (Å²) in [6.45, 7) is 0.264. The predicted molar refractivity (Wildman–Crippen MR) is 72.4 cm³/mol. The zero-order valence-corrected chi connectivity index (χ0v) is 11.1. The average Bonchev–Trinajstić information content (AvgIpc) is 2.42. The molecule has 0 heterocycles. The van der Waals surface area contributed by atoms with Gasteiger partial charge >= 0.3 is 0 Å². The molecular formula is C14H18N2O3. The second-order valence-electron chi connectivity index (χ2n) is 4.85.